The van der Waals surface area contributed by atoms with Crippen molar-refractivity contribution in [1.29, 1.82) is 0 Å². The molecule has 17 heavy (non-hydrogen) atoms. The highest BCUT2D eigenvalue weighted by Gasteiger charge is 2.06. The normalized spacial score (nSPS) is 11.2. The molecule has 92 valence electrons. The molecule has 1 heterocycles. The molecule has 2 aromatic rings. The average molecular weight is 233 g/mol. The number of rotatable bonds is 6. The highest BCUT2D eigenvalue weighted by atomic mass is 16.5. The zero-order chi connectivity index (χ0) is 12.1. The molecule has 1 N–H and O–H groups in total. The average Bonchev–Trinajstić information content (AvgIpc) is 2.67. The van der Waals surface area contributed by atoms with Crippen LogP contribution in [0.15, 0.2) is 24.3 Å². The Morgan fingerprint density at radius 3 is 3.00 bits per heavy atom. The number of para-hydroxylation sites is 1. The number of hydrogen-bond donors (Lipinski definition) is 1. The number of aryl methyl sites for hydroxylation is 1. The van der Waals surface area contributed by atoms with Crippen LogP contribution < -0.4 is 5.32 Å². The number of nitrogens with zero attached hydrogens (tertiary/aromatic N) is 2. The van der Waals surface area contributed by atoms with Crippen LogP contribution in [-0.2, 0) is 18.3 Å². The molecule has 0 saturated heterocycles. The van der Waals surface area contributed by atoms with Gasteiger partial charge < -0.3 is 10.1 Å². The van der Waals surface area contributed by atoms with E-state index in [0.717, 1.165) is 32.0 Å². The summed E-state index contributed by atoms with van der Waals surface area (Å²) < 4.78 is 7.20. The Balaban J connectivity index is 1.99. The zero-order valence-corrected chi connectivity index (χ0v) is 10.4. The third kappa shape index (κ3) is 2.84. The van der Waals surface area contributed by atoms with Crippen molar-refractivity contribution in [3.05, 3.63) is 30.0 Å². The topological polar surface area (TPSA) is 39.1 Å². The largest absolute Gasteiger partial charge is 0.380 e. The number of nitrogens with one attached hydrogen (secondary N) is 1. The predicted molar refractivity (Wildman–Crippen MR) is 68.9 cm³/mol. The van der Waals surface area contributed by atoms with Crippen molar-refractivity contribution in [3.8, 4) is 0 Å². The molecule has 0 amide bonds. The van der Waals surface area contributed by atoms with Crippen molar-refractivity contribution >= 4 is 10.9 Å². The van der Waals surface area contributed by atoms with E-state index < -0.39 is 0 Å². The molecule has 0 spiro atoms. The Morgan fingerprint density at radius 1 is 1.35 bits per heavy atom. The van der Waals surface area contributed by atoms with Crippen molar-refractivity contribution in [2.75, 3.05) is 19.8 Å². The monoisotopic (exact) mass is 233 g/mol. The van der Waals surface area contributed by atoms with E-state index in [2.05, 4.69) is 22.5 Å². The molecule has 0 atom stereocenters. The molecular weight excluding hydrogens is 214 g/mol. The van der Waals surface area contributed by atoms with Gasteiger partial charge in [0.1, 0.15) is 0 Å². The first kappa shape index (κ1) is 12.1. The Morgan fingerprint density at radius 2 is 2.18 bits per heavy atom. The first-order valence-electron chi connectivity index (χ1n) is 6.02. The summed E-state index contributed by atoms with van der Waals surface area (Å²) in [4.78, 5) is 0. The molecule has 0 bridgehead atoms. The van der Waals surface area contributed by atoms with Crippen LogP contribution >= 0.6 is 0 Å². The molecule has 2 rings (SSSR count). The SMILES string of the molecule is CCOCCNCc1nn(C)c2ccccc12. The molecule has 4 heteroatoms. The van der Waals surface area contributed by atoms with E-state index in [4.69, 9.17) is 4.74 Å². The highest BCUT2D eigenvalue weighted by Crippen LogP contribution is 2.16. The lowest BCUT2D eigenvalue weighted by molar-refractivity contribution is 0.149. The molecule has 0 aliphatic rings. The molecule has 0 unspecified atom stereocenters. The van der Waals surface area contributed by atoms with Gasteiger partial charge in [-0.3, -0.25) is 4.68 Å². The fraction of sp³-hybridized carbons (Fsp3) is 0.462. The van der Waals surface area contributed by atoms with Crippen LogP contribution in [0.25, 0.3) is 10.9 Å². The van der Waals surface area contributed by atoms with Crippen molar-refractivity contribution < 1.29 is 4.74 Å². The maximum atomic E-state index is 5.28. The third-order valence-electron chi connectivity index (χ3n) is 2.75. The molecule has 1 aromatic heterocycles. The van der Waals surface area contributed by atoms with Crippen molar-refractivity contribution in [3.63, 3.8) is 0 Å². The summed E-state index contributed by atoms with van der Waals surface area (Å²) in [5.41, 5.74) is 2.27. The second-order valence-corrected chi connectivity index (χ2v) is 3.96. The standard InChI is InChI=1S/C13H19N3O/c1-3-17-9-8-14-10-12-11-6-4-5-7-13(11)16(2)15-12/h4-7,14H,3,8-10H2,1-2H3. The van der Waals surface area contributed by atoms with Crippen LogP contribution in [0.2, 0.25) is 0 Å². The van der Waals surface area contributed by atoms with Crippen LogP contribution in [-0.4, -0.2) is 29.5 Å². The maximum Gasteiger partial charge on any atom is 0.0841 e. The minimum Gasteiger partial charge on any atom is -0.380 e. The fourth-order valence-electron chi connectivity index (χ4n) is 1.91. The number of ether oxygens (including phenoxy) is 1. The van der Waals surface area contributed by atoms with Crippen LogP contribution in [0.5, 0.6) is 0 Å². The lowest BCUT2D eigenvalue weighted by Crippen LogP contribution is -2.19. The van der Waals surface area contributed by atoms with Gasteiger partial charge in [-0.15, -0.1) is 0 Å². The second-order valence-electron chi connectivity index (χ2n) is 3.96. The fourth-order valence-corrected chi connectivity index (χ4v) is 1.91. The highest BCUT2D eigenvalue weighted by molar-refractivity contribution is 5.81. The summed E-state index contributed by atoms with van der Waals surface area (Å²) in [5, 5.41) is 9.08. The van der Waals surface area contributed by atoms with Crippen LogP contribution in [0.4, 0.5) is 0 Å². The van der Waals surface area contributed by atoms with Crippen molar-refractivity contribution in [1.82, 2.24) is 15.1 Å². The van der Waals surface area contributed by atoms with Gasteiger partial charge in [-0.05, 0) is 13.0 Å². The quantitative estimate of drug-likeness (QED) is 0.772. The van der Waals surface area contributed by atoms with E-state index in [1.165, 1.54) is 10.9 Å². The van der Waals surface area contributed by atoms with E-state index in [-0.39, 0.29) is 0 Å². The lowest BCUT2D eigenvalue weighted by atomic mass is 10.2. The first-order chi connectivity index (χ1) is 8.33. The van der Waals surface area contributed by atoms with Gasteiger partial charge in [0.25, 0.3) is 0 Å². The third-order valence-corrected chi connectivity index (χ3v) is 2.75. The summed E-state index contributed by atoms with van der Waals surface area (Å²) in [6, 6.07) is 8.29. The minimum absolute atomic E-state index is 0.751. The summed E-state index contributed by atoms with van der Waals surface area (Å²) >= 11 is 0. The first-order valence-corrected chi connectivity index (χ1v) is 6.02. The maximum absolute atomic E-state index is 5.28. The van der Waals surface area contributed by atoms with Crippen molar-refractivity contribution in [2.45, 2.75) is 13.5 Å². The van der Waals surface area contributed by atoms with E-state index in [9.17, 15) is 0 Å². The summed E-state index contributed by atoms with van der Waals surface area (Å²) in [6.45, 7) is 5.18. The molecule has 0 aliphatic carbocycles. The van der Waals surface area contributed by atoms with Crippen LogP contribution in [0.3, 0.4) is 0 Å². The van der Waals surface area contributed by atoms with Gasteiger partial charge in [0.2, 0.25) is 0 Å². The van der Waals surface area contributed by atoms with Gasteiger partial charge in [0.15, 0.2) is 0 Å². The van der Waals surface area contributed by atoms with E-state index in [1.807, 2.05) is 30.8 Å². The molecule has 0 aliphatic heterocycles. The Hall–Kier alpha value is -1.39. The van der Waals surface area contributed by atoms with Gasteiger partial charge in [-0.1, -0.05) is 18.2 Å². The van der Waals surface area contributed by atoms with Crippen LogP contribution in [0.1, 0.15) is 12.6 Å². The van der Waals surface area contributed by atoms with Gasteiger partial charge in [-0.2, -0.15) is 5.10 Å². The summed E-state index contributed by atoms with van der Waals surface area (Å²) in [5.74, 6) is 0. The van der Waals surface area contributed by atoms with Crippen molar-refractivity contribution in [2.24, 2.45) is 7.05 Å². The Kier molecular flexibility index (Phi) is 4.12. The number of hydrogen-bond acceptors (Lipinski definition) is 3. The molecule has 4 nitrogen and oxygen atoms in total. The van der Waals surface area contributed by atoms with Gasteiger partial charge in [-0.25, -0.2) is 0 Å². The van der Waals surface area contributed by atoms with Gasteiger partial charge >= 0.3 is 0 Å². The molecule has 1 aromatic carbocycles. The Bertz CT molecular complexity index is 478. The predicted octanol–water partition coefficient (Wildman–Crippen LogP) is 1.70. The van der Waals surface area contributed by atoms with E-state index >= 15 is 0 Å². The van der Waals surface area contributed by atoms with E-state index in [0.29, 0.717) is 0 Å². The lowest BCUT2D eigenvalue weighted by Gasteiger charge is -2.02. The van der Waals surface area contributed by atoms with Gasteiger partial charge in [0, 0.05) is 32.1 Å². The summed E-state index contributed by atoms with van der Waals surface area (Å²) in [6.07, 6.45) is 0. The Labute approximate surface area is 102 Å². The minimum atomic E-state index is 0.751. The van der Waals surface area contributed by atoms with E-state index in [1.54, 1.807) is 0 Å². The molecule has 0 radical (unpaired) electrons. The van der Waals surface area contributed by atoms with Crippen LogP contribution in [0, 0.1) is 0 Å². The van der Waals surface area contributed by atoms with Gasteiger partial charge in [0.05, 0.1) is 17.8 Å². The zero-order valence-electron chi connectivity index (χ0n) is 10.4. The summed E-state index contributed by atoms with van der Waals surface area (Å²) in [7, 11) is 1.98. The molecule has 0 fully saturated rings. The smallest absolute Gasteiger partial charge is 0.0841 e. The molecule has 0 saturated carbocycles. The number of fused-ring (bicyclic) bond motifs is 1. The second kappa shape index (κ2) is 5.80. The number of aromatic nitrogens is 2. The number of benzene rings is 1. The molecular formula is C13H19N3O.